The van der Waals surface area contributed by atoms with Crippen molar-refractivity contribution >= 4 is 17.5 Å². The molecule has 1 amide bonds. The molecule has 3 rings (SSSR count). The third-order valence-electron chi connectivity index (χ3n) is 3.60. The van der Waals surface area contributed by atoms with Gasteiger partial charge in [0.15, 0.2) is 29.7 Å². The van der Waals surface area contributed by atoms with E-state index in [1.165, 1.54) is 0 Å². The van der Waals surface area contributed by atoms with Gasteiger partial charge in [-0.3, -0.25) is 4.79 Å². The summed E-state index contributed by atoms with van der Waals surface area (Å²) >= 11 is 6.19. The van der Waals surface area contributed by atoms with Crippen LogP contribution in [-0.2, 0) is 11.3 Å². The first-order valence-corrected chi connectivity index (χ1v) is 8.33. The number of fused-ring (bicyclic) bond motifs is 1. The van der Waals surface area contributed by atoms with Gasteiger partial charge in [-0.1, -0.05) is 11.6 Å². The second-order valence-electron chi connectivity index (χ2n) is 5.60. The van der Waals surface area contributed by atoms with Gasteiger partial charge in [-0.25, -0.2) is 8.78 Å². The van der Waals surface area contributed by atoms with Crippen molar-refractivity contribution in [2.75, 3.05) is 19.8 Å². The number of amides is 1. The predicted octanol–water partition coefficient (Wildman–Crippen LogP) is 3.47. The fraction of sp³-hybridized carbons (Fsp3) is 0.278. The molecule has 0 aliphatic carbocycles. The molecule has 0 aromatic heterocycles. The molecule has 8 heteroatoms. The first-order chi connectivity index (χ1) is 12.5. The van der Waals surface area contributed by atoms with E-state index in [-0.39, 0.29) is 12.3 Å². The topological polar surface area (TPSA) is 56.8 Å². The van der Waals surface area contributed by atoms with Crippen molar-refractivity contribution in [2.24, 2.45) is 0 Å². The molecule has 5 nitrogen and oxygen atoms in total. The van der Waals surface area contributed by atoms with Crippen molar-refractivity contribution in [3.8, 4) is 17.2 Å². The Bertz CT molecular complexity index is 816. The molecule has 138 valence electrons. The summed E-state index contributed by atoms with van der Waals surface area (Å²) in [6, 6.07) is 6.29. The van der Waals surface area contributed by atoms with Crippen LogP contribution in [0.3, 0.4) is 0 Å². The number of carbonyl (C=O) groups excluding carboxylic acids is 1. The zero-order valence-corrected chi connectivity index (χ0v) is 14.4. The highest BCUT2D eigenvalue weighted by atomic mass is 35.5. The fourth-order valence-corrected chi connectivity index (χ4v) is 2.66. The highest BCUT2D eigenvalue weighted by Gasteiger charge is 2.16. The van der Waals surface area contributed by atoms with E-state index in [1.54, 1.807) is 12.1 Å². The number of hydrogen-bond donors (Lipinski definition) is 1. The molecule has 2 aromatic carbocycles. The summed E-state index contributed by atoms with van der Waals surface area (Å²) in [6.07, 6.45) is 0.758. The van der Waals surface area contributed by atoms with Crippen LogP contribution in [0.1, 0.15) is 12.0 Å². The number of ether oxygens (including phenoxy) is 3. The Morgan fingerprint density at radius 1 is 1.19 bits per heavy atom. The minimum Gasteiger partial charge on any atom is -0.489 e. The number of hydrogen-bond acceptors (Lipinski definition) is 4. The average Bonchev–Trinajstić information content (AvgIpc) is 2.85. The van der Waals surface area contributed by atoms with Crippen molar-refractivity contribution in [1.82, 2.24) is 5.32 Å². The maximum absolute atomic E-state index is 13.5. The van der Waals surface area contributed by atoms with Gasteiger partial charge in [-0.05, 0) is 29.8 Å². The molecule has 1 heterocycles. The molecule has 0 fully saturated rings. The van der Waals surface area contributed by atoms with Crippen molar-refractivity contribution < 1.29 is 27.8 Å². The molecule has 0 saturated heterocycles. The fourth-order valence-electron chi connectivity index (χ4n) is 2.37. The molecule has 0 saturated carbocycles. The lowest BCUT2D eigenvalue weighted by atomic mass is 10.2. The monoisotopic (exact) mass is 383 g/mol. The van der Waals surface area contributed by atoms with Crippen molar-refractivity contribution in [3.63, 3.8) is 0 Å². The van der Waals surface area contributed by atoms with E-state index < -0.39 is 24.1 Å². The summed E-state index contributed by atoms with van der Waals surface area (Å²) in [6.45, 7) is 0.835. The van der Waals surface area contributed by atoms with Crippen LogP contribution in [0, 0.1) is 11.6 Å². The Morgan fingerprint density at radius 2 is 2.00 bits per heavy atom. The molecule has 0 radical (unpaired) electrons. The SMILES string of the molecule is O=C(COc1ccc(F)cc1F)NCc1cc(Cl)c2c(c1)OCCCO2. The summed E-state index contributed by atoms with van der Waals surface area (Å²) in [5.74, 6) is -1.21. The zero-order chi connectivity index (χ0) is 18.5. The Hall–Kier alpha value is -2.54. The normalized spacial score (nSPS) is 13.0. The van der Waals surface area contributed by atoms with Crippen molar-refractivity contribution in [1.29, 1.82) is 0 Å². The summed E-state index contributed by atoms with van der Waals surface area (Å²) in [4.78, 5) is 11.9. The number of benzene rings is 2. The number of rotatable bonds is 5. The lowest BCUT2D eigenvalue weighted by molar-refractivity contribution is -0.123. The summed E-state index contributed by atoms with van der Waals surface area (Å²) in [5.41, 5.74) is 0.723. The van der Waals surface area contributed by atoms with Gasteiger partial charge in [0.25, 0.3) is 5.91 Å². The Balaban J connectivity index is 1.56. The second kappa shape index (κ2) is 8.23. The molecule has 1 aliphatic rings. The van der Waals surface area contributed by atoms with Crippen LogP contribution in [0.4, 0.5) is 8.78 Å². The van der Waals surface area contributed by atoms with Crippen LogP contribution in [0.5, 0.6) is 17.2 Å². The highest BCUT2D eigenvalue weighted by molar-refractivity contribution is 6.32. The smallest absolute Gasteiger partial charge is 0.258 e. The van der Waals surface area contributed by atoms with Gasteiger partial charge in [-0.2, -0.15) is 0 Å². The molecule has 1 aliphatic heterocycles. The largest absolute Gasteiger partial charge is 0.489 e. The van der Waals surface area contributed by atoms with Crippen molar-refractivity contribution in [3.05, 3.63) is 52.6 Å². The molecule has 0 spiro atoms. The summed E-state index contributed by atoms with van der Waals surface area (Å²) in [7, 11) is 0. The first kappa shape index (κ1) is 18.3. The van der Waals surface area contributed by atoms with E-state index in [2.05, 4.69) is 5.32 Å². The van der Waals surface area contributed by atoms with E-state index in [0.717, 1.165) is 24.1 Å². The van der Waals surface area contributed by atoms with Crippen LogP contribution in [0.15, 0.2) is 30.3 Å². The predicted molar refractivity (Wildman–Crippen MR) is 90.8 cm³/mol. The molecular weight excluding hydrogens is 368 g/mol. The maximum atomic E-state index is 13.5. The van der Waals surface area contributed by atoms with Gasteiger partial charge < -0.3 is 19.5 Å². The van der Waals surface area contributed by atoms with Crippen molar-refractivity contribution in [2.45, 2.75) is 13.0 Å². The van der Waals surface area contributed by atoms with Gasteiger partial charge in [0.05, 0.1) is 18.2 Å². The zero-order valence-electron chi connectivity index (χ0n) is 13.7. The maximum Gasteiger partial charge on any atom is 0.258 e. The Labute approximate surface area is 153 Å². The lowest BCUT2D eigenvalue weighted by Crippen LogP contribution is -2.28. The van der Waals surface area contributed by atoms with E-state index in [4.69, 9.17) is 25.8 Å². The van der Waals surface area contributed by atoms with Gasteiger partial charge in [0.2, 0.25) is 0 Å². The average molecular weight is 384 g/mol. The van der Waals surface area contributed by atoms with Crippen LogP contribution in [0.2, 0.25) is 5.02 Å². The number of halogens is 3. The second-order valence-corrected chi connectivity index (χ2v) is 6.00. The molecule has 0 unspecified atom stereocenters. The quantitative estimate of drug-likeness (QED) is 0.859. The van der Waals surface area contributed by atoms with Gasteiger partial charge in [0, 0.05) is 19.0 Å². The third-order valence-corrected chi connectivity index (χ3v) is 3.89. The van der Waals surface area contributed by atoms with E-state index in [0.29, 0.717) is 35.8 Å². The van der Waals surface area contributed by atoms with Gasteiger partial charge >= 0.3 is 0 Å². The number of carbonyl (C=O) groups is 1. The standard InChI is InChI=1S/C18H16ClF2NO4/c19-13-6-11(7-16-18(13)25-5-1-4-24-16)9-22-17(23)10-26-15-3-2-12(20)8-14(15)21/h2-3,6-8H,1,4-5,9-10H2,(H,22,23). The highest BCUT2D eigenvalue weighted by Crippen LogP contribution is 2.37. The van der Waals surface area contributed by atoms with Crippen LogP contribution >= 0.6 is 11.6 Å². The third kappa shape index (κ3) is 4.54. The first-order valence-electron chi connectivity index (χ1n) is 7.95. The number of nitrogens with one attached hydrogen (secondary N) is 1. The van der Waals surface area contributed by atoms with E-state index >= 15 is 0 Å². The summed E-state index contributed by atoms with van der Waals surface area (Å²) in [5, 5.41) is 3.04. The van der Waals surface area contributed by atoms with Crippen LogP contribution in [0.25, 0.3) is 0 Å². The minimum absolute atomic E-state index is 0.185. The molecule has 26 heavy (non-hydrogen) atoms. The molecule has 0 bridgehead atoms. The Morgan fingerprint density at radius 3 is 2.81 bits per heavy atom. The van der Waals surface area contributed by atoms with E-state index in [1.807, 2.05) is 0 Å². The van der Waals surface area contributed by atoms with Crippen LogP contribution < -0.4 is 19.5 Å². The summed E-state index contributed by atoms with van der Waals surface area (Å²) < 4.78 is 42.5. The molecular formula is C18H16ClF2NO4. The lowest BCUT2D eigenvalue weighted by Gasteiger charge is -2.12. The van der Waals surface area contributed by atoms with Gasteiger partial charge in [0.1, 0.15) is 5.82 Å². The van der Waals surface area contributed by atoms with E-state index in [9.17, 15) is 13.6 Å². The molecule has 0 atom stereocenters. The minimum atomic E-state index is -0.868. The Kier molecular flexibility index (Phi) is 5.78. The molecule has 2 aromatic rings. The van der Waals surface area contributed by atoms with Crippen LogP contribution in [-0.4, -0.2) is 25.7 Å². The van der Waals surface area contributed by atoms with Gasteiger partial charge in [-0.15, -0.1) is 0 Å². The molecule has 1 N–H and O–H groups in total.